The molecule has 0 bridgehead atoms. The fourth-order valence-corrected chi connectivity index (χ4v) is 2.97. The molecule has 6 nitrogen and oxygen atoms in total. The van der Waals surface area contributed by atoms with Gasteiger partial charge in [-0.05, 0) is 62.1 Å². The third kappa shape index (κ3) is 5.20. The molecule has 0 aliphatic carbocycles. The van der Waals surface area contributed by atoms with Gasteiger partial charge < -0.3 is 18.6 Å². The smallest absolute Gasteiger partial charge is 0.347 e. The Hall–Kier alpha value is -3.28. The van der Waals surface area contributed by atoms with Crippen molar-refractivity contribution in [1.82, 2.24) is 0 Å². The van der Waals surface area contributed by atoms with E-state index in [2.05, 4.69) is 0 Å². The van der Waals surface area contributed by atoms with E-state index in [9.17, 15) is 9.59 Å². The predicted molar refractivity (Wildman–Crippen MR) is 114 cm³/mol. The lowest BCUT2D eigenvalue weighted by Crippen LogP contribution is -2.27. The van der Waals surface area contributed by atoms with E-state index in [1.807, 2.05) is 45.9 Å². The molecule has 3 rings (SSSR count). The quantitative estimate of drug-likeness (QED) is 0.500. The number of aryl methyl sites for hydroxylation is 2. The van der Waals surface area contributed by atoms with Crippen LogP contribution in [0.15, 0.2) is 51.9 Å². The molecule has 0 N–H and O–H groups in total. The topological polar surface area (TPSA) is 75.0 Å². The lowest BCUT2D eigenvalue weighted by molar-refractivity contribution is -0.152. The summed E-state index contributed by atoms with van der Waals surface area (Å²) in [6, 6.07) is 10.5. The molecular formula is C24H26O6. The lowest BCUT2D eigenvalue weighted by atomic mass is 10.1. The van der Waals surface area contributed by atoms with Crippen LogP contribution in [0.3, 0.4) is 0 Å². The van der Waals surface area contributed by atoms with E-state index in [1.165, 1.54) is 6.26 Å². The molecule has 158 valence electrons. The molecule has 0 spiro atoms. The summed E-state index contributed by atoms with van der Waals surface area (Å²) in [5.41, 5.74) is 2.13. The van der Waals surface area contributed by atoms with Gasteiger partial charge >= 0.3 is 5.97 Å². The second-order valence-corrected chi connectivity index (χ2v) is 7.80. The first-order chi connectivity index (χ1) is 14.2. The number of hydrogen-bond acceptors (Lipinski definition) is 6. The van der Waals surface area contributed by atoms with Crippen molar-refractivity contribution >= 4 is 16.9 Å². The Balaban J connectivity index is 1.79. The predicted octanol–water partition coefficient (Wildman–Crippen LogP) is 5.17. The largest absolute Gasteiger partial charge is 0.479 e. The van der Waals surface area contributed by atoms with E-state index in [0.717, 1.165) is 11.1 Å². The Kier molecular flexibility index (Phi) is 6.45. The minimum atomic E-state index is -0.778. The van der Waals surface area contributed by atoms with Crippen molar-refractivity contribution < 1.29 is 23.4 Å². The molecule has 0 radical (unpaired) electrons. The maximum Gasteiger partial charge on any atom is 0.347 e. The zero-order chi connectivity index (χ0) is 21.8. The van der Waals surface area contributed by atoms with Gasteiger partial charge in [0.15, 0.2) is 6.10 Å². The van der Waals surface area contributed by atoms with Crippen molar-refractivity contribution in [3.63, 3.8) is 0 Å². The van der Waals surface area contributed by atoms with Gasteiger partial charge in [-0.25, -0.2) is 4.79 Å². The Labute approximate surface area is 175 Å². The number of carbonyl (C=O) groups excluding carboxylic acids is 1. The summed E-state index contributed by atoms with van der Waals surface area (Å²) < 4.78 is 22.2. The van der Waals surface area contributed by atoms with Crippen LogP contribution in [0.1, 0.15) is 31.9 Å². The van der Waals surface area contributed by atoms with Crippen LogP contribution in [0.4, 0.5) is 0 Å². The zero-order valence-corrected chi connectivity index (χ0v) is 17.9. The SMILES string of the molecule is Cc1cc(C)cc(Oc2coc3cc(OC(C)C(=O)OCC(C)C)ccc3c2=O)c1. The average molecular weight is 410 g/mol. The fraction of sp³-hybridized carbons (Fsp3) is 0.333. The van der Waals surface area contributed by atoms with E-state index in [1.54, 1.807) is 25.1 Å². The van der Waals surface area contributed by atoms with Gasteiger partial charge in [0.1, 0.15) is 23.3 Å². The molecule has 0 amide bonds. The van der Waals surface area contributed by atoms with Crippen LogP contribution in [0.5, 0.6) is 17.2 Å². The molecule has 1 atom stereocenters. The summed E-state index contributed by atoms with van der Waals surface area (Å²) in [7, 11) is 0. The van der Waals surface area contributed by atoms with Crippen LogP contribution in [-0.2, 0) is 9.53 Å². The zero-order valence-electron chi connectivity index (χ0n) is 17.9. The number of rotatable bonds is 7. The van der Waals surface area contributed by atoms with Crippen molar-refractivity contribution in [2.24, 2.45) is 5.92 Å². The Bertz CT molecular complexity index is 1090. The molecule has 30 heavy (non-hydrogen) atoms. The summed E-state index contributed by atoms with van der Waals surface area (Å²) in [5, 5.41) is 0.360. The van der Waals surface area contributed by atoms with Crippen molar-refractivity contribution in [1.29, 1.82) is 0 Å². The highest BCUT2D eigenvalue weighted by atomic mass is 16.6. The summed E-state index contributed by atoms with van der Waals surface area (Å²) in [6.07, 6.45) is 0.506. The van der Waals surface area contributed by atoms with Crippen LogP contribution < -0.4 is 14.9 Å². The Morgan fingerprint density at radius 3 is 2.37 bits per heavy atom. The third-order valence-electron chi connectivity index (χ3n) is 4.34. The molecule has 1 aromatic heterocycles. The summed E-state index contributed by atoms with van der Waals surface area (Å²) >= 11 is 0. The van der Waals surface area contributed by atoms with Crippen molar-refractivity contribution in [3.05, 3.63) is 64.0 Å². The lowest BCUT2D eigenvalue weighted by Gasteiger charge is -2.15. The van der Waals surface area contributed by atoms with Gasteiger partial charge in [0.25, 0.3) is 0 Å². The molecule has 0 aliphatic heterocycles. The van der Waals surface area contributed by atoms with Crippen LogP contribution in [-0.4, -0.2) is 18.7 Å². The van der Waals surface area contributed by atoms with Crippen LogP contribution in [0.25, 0.3) is 11.0 Å². The summed E-state index contributed by atoms with van der Waals surface area (Å²) in [5.74, 6) is 0.890. The highest BCUT2D eigenvalue weighted by Gasteiger charge is 2.18. The maximum atomic E-state index is 12.8. The minimum Gasteiger partial charge on any atom is -0.479 e. The minimum absolute atomic E-state index is 0.104. The average Bonchev–Trinajstić information content (AvgIpc) is 2.67. The third-order valence-corrected chi connectivity index (χ3v) is 4.34. The number of ether oxygens (including phenoxy) is 3. The summed E-state index contributed by atoms with van der Waals surface area (Å²) in [4.78, 5) is 24.8. The van der Waals surface area contributed by atoms with Gasteiger partial charge in [0.2, 0.25) is 11.2 Å². The molecule has 0 fully saturated rings. The Morgan fingerprint density at radius 1 is 1.00 bits per heavy atom. The number of fused-ring (bicyclic) bond motifs is 1. The molecule has 2 aromatic carbocycles. The van der Waals surface area contributed by atoms with Gasteiger partial charge in [0.05, 0.1) is 12.0 Å². The summed E-state index contributed by atoms with van der Waals surface area (Å²) in [6.45, 7) is 9.80. The van der Waals surface area contributed by atoms with E-state index in [4.69, 9.17) is 18.6 Å². The Morgan fingerprint density at radius 2 is 1.70 bits per heavy atom. The van der Waals surface area contributed by atoms with E-state index >= 15 is 0 Å². The van der Waals surface area contributed by atoms with Gasteiger partial charge in [-0.3, -0.25) is 4.79 Å². The van der Waals surface area contributed by atoms with Crippen molar-refractivity contribution in [3.8, 4) is 17.2 Å². The number of benzene rings is 2. The first kappa shape index (κ1) is 21.4. The molecular weight excluding hydrogens is 384 g/mol. The number of carbonyl (C=O) groups is 1. The van der Waals surface area contributed by atoms with Crippen LogP contribution >= 0.6 is 0 Å². The van der Waals surface area contributed by atoms with Gasteiger partial charge in [-0.15, -0.1) is 0 Å². The molecule has 0 saturated heterocycles. The van der Waals surface area contributed by atoms with Gasteiger partial charge in [-0.2, -0.15) is 0 Å². The highest BCUT2D eigenvalue weighted by molar-refractivity contribution is 5.79. The standard InChI is InChI=1S/C24H26O6/c1-14(2)12-28-24(26)17(5)29-18-6-7-20-21(11-18)27-13-22(23(20)25)30-19-9-15(3)8-16(4)10-19/h6-11,13-14,17H,12H2,1-5H3. The monoisotopic (exact) mass is 410 g/mol. The molecule has 1 heterocycles. The van der Waals surface area contributed by atoms with E-state index < -0.39 is 12.1 Å². The molecule has 6 heteroatoms. The van der Waals surface area contributed by atoms with E-state index in [-0.39, 0.29) is 17.1 Å². The molecule has 0 aliphatic rings. The van der Waals surface area contributed by atoms with Crippen molar-refractivity contribution in [2.45, 2.75) is 40.7 Å². The molecule has 1 unspecified atom stereocenters. The second-order valence-electron chi connectivity index (χ2n) is 7.80. The van der Waals surface area contributed by atoms with Gasteiger partial charge in [-0.1, -0.05) is 19.9 Å². The fourth-order valence-electron chi connectivity index (χ4n) is 2.97. The normalized spacial score (nSPS) is 12.1. The second kappa shape index (κ2) is 9.03. The van der Waals surface area contributed by atoms with Crippen molar-refractivity contribution in [2.75, 3.05) is 6.61 Å². The molecule has 0 saturated carbocycles. The first-order valence-corrected chi connectivity index (χ1v) is 9.88. The first-order valence-electron chi connectivity index (χ1n) is 9.88. The number of esters is 1. The van der Waals surface area contributed by atoms with Crippen LogP contribution in [0.2, 0.25) is 0 Å². The maximum absolute atomic E-state index is 12.8. The highest BCUT2D eigenvalue weighted by Crippen LogP contribution is 2.25. The van der Waals surface area contributed by atoms with Gasteiger partial charge in [0, 0.05) is 6.07 Å². The van der Waals surface area contributed by atoms with Crippen LogP contribution in [0, 0.1) is 19.8 Å². The number of hydrogen-bond donors (Lipinski definition) is 0. The van der Waals surface area contributed by atoms with E-state index in [0.29, 0.717) is 29.1 Å². The molecule has 3 aromatic rings.